The van der Waals surface area contributed by atoms with E-state index in [1.54, 1.807) is 20.8 Å². The molecule has 13 heteroatoms. The molecule has 2 bridgehead atoms. The zero-order chi connectivity index (χ0) is 23.9. The van der Waals surface area contributed by atoms with Crippen molar-refractivity contribution in [1.82, 2.24) is 19.4 Å². The summed E-state index contributed by atoms with van der Waals surface area (Å²) in [6, 6.07) is -3.09. The maximum absolute atomic E-state index is 13.4. The number of amides is 4. The monoisotopic (exact) mass is 472 g/mol. The number of carbonyl (C=O) groups excluding carboxylic acids is 4. The predicted molar refractivity (Wildman–Crippen MR) is 109 cm³/mol. The van der Waals surface area contributed by atoms with Crippen molar-refractivity contribution in [3.8, 4) is 0 Å². The number of sulfonamides is 1. The number of hydrogen-bond acceptors (Lipinski definition) is 8. The van der Waals surface area contributed by atoms with Gasteiger partial charge in [-0.15, -0.1) is 0 Å². The Bertz CT molecular complexity index is 984. The molecule has 12 nitrogen and oxygen atoms in total. The minimum Gasteiger partial charge on any atom is -0.467 e. The van der Waals surface area contributed by atoms with E-state index in [-0.39, 0.29) is 13.1 Å². The zero-order valence-electron chi connectivity index (χ0n) is 18.7. The average molecular weight is 473 g/mol. The zero-order valence-corrected chi connectivity index (χ0v) is 19.5. The Morgan fingerprint density at radius 2 is 1.72 bits per heavy atom. The molecular weight excluding hydrogens is 444 g/mol. The van der Waals surface area contributed by atoms with Crippen molar-refractivity contribution in [2.75, 3.05) is 26.5 Å². The van der Waals surface area contributed by atoms with Crippen LogP contribution in [0, 0.1) is 0 Å². The molecule has 3 saturated carbocycles. The number of nitrogens with zero attached hydrogens (tertiary/aromatic N) is 3. The van der Waals surface area contributed by atoms with Crippen molar-refractivity contribution >= 4 is 34.0 Å². The lowest BCUT2D eigenvalue weighted by atomic mass is 9.44. The highest BCUT2D eigenvalue weighted by Crippen LogP contribution is 2.64. The van der Waals surface area contributed by atoms with E-state index >= 15 is 0 Å². The number of carbonyl (C=O) groups is 4. The molecule has 2 heterocycles. The second-order valence-corrected chi connectivity index (χ2v) is 11.9. The molecule has 5 fully saturated rings. The molecule has 178 valence electrons. The van der Waals surface area contributed by atoms with Gasteiger partial charge in [0, 0.05) is 18.6 Å². The molecule has 5 aliphatic rings. The second-order valence-electron chi connectivity index (χ2n) is 10.1. The molecule has 0 radical (unpaired) electrons. The first-order valence-corrected chi connectivity index (χ1v) is 12.2. The second kappa shape index (κ2) is 6.80. The van der Waals surface area contributed by atoms with Gasteiger partial charge < -0.3 is 14.4 Å². The summed E-state index contributed by atoms with van der Waals surface area (Å²) in [7, 11) is -2.28. The first-order valence-electron chi connectivity index (χ1n) is 10.3. The number of imide groups is 1. The van der Waals surface area contributed by atoms with E-state index in [0.717, 1.165) is 23.2 Å². The van der Waals surface area contributed by atoms with E-state index in [4.69, 9.17) is 9.47 Å². The number of hydrogen-bond donors (Lipinski definition) is 1. The van der Waals surface area contributed by atoms with E-state index < -0.39 is 62.8 Å². The van der Waals surface area contributed by atoms with Gasteiger partial charge in [-0.25, -0.2) is 27.5 Å². The van der Waals surface area contributed by atoms with E-state index in [9.17, 15) is 27.6 Å². The summed E-state index contributed by atoms with van der Waals surface area (Å²) in [4.78, 5) is 55.6. The molecule has 32 heavy (non-hydrogen) atoms. The summed E-state index contributed by atoms with van der Waals surface area (Å²) in [5.74, 6) is -1.41. The number of rotatable bonds is 4. The van der Waals surface area contributed by atoms with Crippen LogP contribution < -0.4 is 4.72 Å². The Morgan fingerprint density at radius 1 is 1.12 bits per heavy atom. The summed E-state index contributed by atoms with van der Waals surface area (Å²) >= 11 is 0. The molecule has 2 saturated heterocycles. The Hall–Kier alpha value is -2.41. The van der Waals surface area contributed by atoms with Crippen molar-refractivity contribution in [2.45, 2.75) is 68.8 Å². The third-order valence-corrected chi connectivity index (χ3v) is 7.22. The summed E-state index contributed by atoms with van der Waals surface area (Å²) in [6.07, 6.45) is 1.27. The molecule has 5 rings (SSSR count). The van der Waals surface area contributed by atoms with Crippen LogP contribution in [0.2, 0.25) is 0 Å². The van der Waals surface area contributed by atoms with E-state index in [1.165, 1.54) is 4.90 Å². The lowest BCUT2D eigenvalue weighted by Crippen LogP contribution is -2.84. The number of fused-ring (bicyclic) bond motifs is 1. The van der Waals surface area contributed by atoms with Gasteiger partial charge in [-0.3, -0.25) is 14.6 Å². The molecular formula is C19H28N4O8S. The van der Waals surface area contributed by atoms with Gasteiger partial charge in [0.2, 0.25) is 10.0 Å². The Balaban J connectivity index is 1.58. The first kappa shape index (κ1) is 22.8. The van der Waals surface area contributed by atoms with Gasteiger partial charge in [-0.1, -0.05) is 0 Å². The van der Waals surface area contributed by atoms with Crippen LogP contribution >= 0.6 is 0 Å². The van der Waals surface area contributed by atoms with Crippen LogP contribution in [0.4, 0.5) is 9.59 Å². The number of urea groups is 1. The fourth-order valence-corrected chi connectivity index (χ4v) is 6.49. The number of nitrogens with one attached hydrogen (secondary N) is 1. The molecule has 4 amide bonds. The topological polar surface area (TPSA) is 143 Å². The van der Waals surface area contributed by atoms with Gasteiger partial charge in [0.15, 0.2) is 6.04 Å². The van der Waals surface area contributed by atoms with Crippen molar-refractivity contribution in [3.63, 3.8) is 0 Å². The quantitative estimate of drug-likeness (QED) is 0.432. The van der Waals surface area contributed by atoms with E-state index in [2.05, 4.69) is 4.72 Å². The SMILES string of the molecule is COC(=O)[C@@H]1[C@H]2C(=O)N(C34CC(NS(C)(=O)=O)(C3)C4)C(=O)N2CCN1C(=O)OC(C)(C)C. The van der Waals surface area contributed by atoms with Gasteiger partial charge in [0.05, 0.1) is 18.9 Å². The normalized spacial score (nSPS) is 34.0. The maximum atomic E-state index is 13.4. The van der Waals surface area contributed by atoms with Gasteiger partial charge in [-0.2, -0.15) is 0 Å². The fourth-order valence-electron chi connectivity index (χ4n) is 5.48. The summed E-state index contributed by atoms with van der Waals surface area (Å²) in [6.45, 7) is 5.11. The molecule has 0 aromatic rings. The summed E-state index contributed by atoms with van der Waals surface area (Å²) in [5, 5.41) is 0. The van der Waals surface area contributed by atoms with Crippen LogP contribution in [0.25, 0.3) is 0 Å². The maximum Gasteiger partial charge on any atom is 0.411 e. The third-order valence-electron chi connectivity index (χ3n) is 6.41. The van der Waals surface area contributed by atoms with Crippen LogP contribution in [0.3, 0.4) is 0 Å². The number of ether oxygens (including phenoxy) is 2. The molecule has 0 aromatic carbocycles. The Labute approximate surface area is 186 Å². The van der Waals surface area contributed by atoms with Crippen LogP contribution in [0.1, 0.15) is 40.0 Å². The largest absolute Gasteiger partial charge is 0.467 e. The fraction of sp³-hybridized carbons (Fsp3) is 0.789. The Kier molecular flexibility index (Phi) is 4.84. The highest BCUT2D eigenvalue weighted by atomic mass is 32.2. The highest BCUT2D eigenvalue weighted by Gasteiger charge is 2.76. The lowest BCUT2D eigenvalue weighted by molar-refractivity contribution is -0.170. The molecule has 2 atom stereocenters. The minimum atomic E-state index is -3.43. The minimum absolute atomic E-state index is 0.00457. The van der Waals surface area contributed by atoms with Crippen LogP contribution in [0.15, 0.2) is 0 Å². The number of methoxy groups -OCH3 is 1. The molecule has 0 spiro atoms. The van der Waals surface area contributed by atoms with Crippen LogP contribution in [-0.4, -0.2) is 102 Å². The smallest absolute Gasteiger partial charge is 0.411 e. The van der Waals surface area contributed by atoms with Crippen molar-refractivity contribution in [3.05, 3.63) is 0 Å². The number of piperazine rings is 1. The van der Waals surface area contributed by atoms with Crippen LogP contribution in [0.5, 0.6) is 0 Å². The van der Waals surface area contributed by atoms with Gasteiger partial charge in [0.25, 0.3) is 5.91 Å². The third kappa shape index (κ3) is 3.41. The standard InChI is InChI=1S/C19H28N4O8S/c1-17(2,3)31-16(27)22-7-6-21-11(12(22)14(25)30-4)13(24)23(15(21)26)19-8-18(9-19,10-19)20-32(5,28)29/h11-12,20H,6-10H2,1-5H3/t11-,12-,18?,19?/m0/s1. The average Bonchev–Trinajstić information content (AvgIpc) is 2.84. The summed E-state index contributed by atoms with van der Waals surface area (Å²) < 4.78 is 36.0. The van der Waals surface area contributed by atoms with Crippen molar-refractivity contribution < 1.29 is 37.1 Å². The predicted octanol–water partition coefficient (Wildman–Crippen LogP) is -0.364. The molecule has 3 aliphatic carbocycles. The van der Waals surface area contributed by atoms with E-state index in [0.29, 0.717) is 19.3 Å². The van der Waals surface area contributed by atoms with Gasteiger partial charge in [0.1, 0.15) is 11.6 Å². The lowest BCUT2D eigenvalue weighted by Gasteiger charge is -2.71. The summed E-state index contributed by atoms with van der Waals surface area (Å²) in [5.41, 5.74) is -2.23. The Morgan fingerprint density at radius 3 is 2.22 bits per heavy atom. The first-order chi connectivity index (χ1) is 14.6. The van der Waals surface area contributed by atoms with Crippen molar-refractivity contribution in [1.29, 1.82) is 0 Å². The highest BCUT2D eigenvalue weighted by molar-refractivity contribution is 7.88. The van der Waals surface area contributed by atoms with Gasteiger partial charge >= 0.3 is 18.1 Å². The number of esters is 1. The van der Waals surface area contributed by atoms with Crippen molar-refractivity contribution in [2.24, 2.45) is 0 Å². The molecule has 2 aliphatic heterocycles. The molecule has 0 aromatic heterocycles. The molecule has 1 N–H and O–H groups in total. The van der Waals surface area contributed by atoms with E-state index in [1.807, 2.05) is 0 Å². The molecule has 0 unspecified atom stereocenters. The van der Waals surface area contributed by atoms with Gasteiger partial charge in [-0.05, 0) is 40.0 Å². The van der Waals surface area contributed by atoms with Crippen LogP contribution in [-0.2, 0) is 29.1 Å².